The molecule has 1 unspecified atom stereocenters. The lowest BCUT2D eigenvalue weighted by Crippen LogP contribution is -2.47. The fourth-order valence-corrected chi connectivity index (χ4v) is 3.86. The van der Waals surface area contributed by atoms with Crippen molar-refractivity contribution in [3.8, 4) is 0 Å². The molecule has 0 spiro atoms. The molecule has 3 heterocycles. The molecule has 3 N–H and O–H groups in total. The number of hydrogen-bond acceptors (Lipinski definition) is 6. The first-order chi connectivity index (χ1) is 14.6. The van der Waals surface area contributed by atoms with E-state index in [0.717, 1.165) is 51.3 Å². The molecule has 160 valence electrons. The van der Waals surface area contributed by atoms with E-state index < -0.39 is 0 Å². The number of piperazine rings is 1. The molecule has 0 bridgehead atoms. The molecule has 1 saturated heterocycles. The van der Waals surface area contributed by atoms with E-state index >= 15 is 0 Å². The molecular weight excluding hydrogens is 382 g/mol. The van der Waals surface area contributed by atoms with Crippen molar-refractivity contribution in [3.63, 3.8) is 0 Å². The van der Waals surface area contributed by atoms with E-state index in [1.54, 1.807) is 7.11 Å². The monoisotopic (exact) mass is 411 g/mol. The zero-order chi connectivity index (χ0) is 20.9. The molecule has 1 aliphatic rings. The van der Waals surface area contributed by atoms with Gasteiger partial charge in [-0.3, -0.25) is 14.8 Å². The van der Waals surface area contributed by atoms with E-state index in [2.05, 4.69) is 47.4 Å². The Morgan fingerprint density at radius 2 is 2.07 bits per heavy atom. The van der Waals surface area contributed by atoms with Crippen LogP contribution in [0, 0.1) is 0 Å². The molecule has 0 aliphatic carbocycles. The van der Waals surface area contributed by atoms with Crippen LogP contribution < -0.4 is 10.2 Å². The molecule has 4 rings (SSSR count). The Kier molecular flexibility index (Phi) is 6.29. The van der Waals surface area contributed by atoms with E-state index in [1.165, 1.54) is 10.9 Å². The number of rotatable bonds is 8. The van der Waals surface area contributed by atoms with E-state index in [0.29, 0.717) is 5.95 Å². The van der Waals surface area contributed by atoms with Gasteiger partial charge in [0.2, 0.25) is 11.8 Å². The fourth-order valence-electron chi connectivity index (χ4n) is 3.86. The third-order valence-corrected chi connectivity index (χ3v) is 5.53. The molecular formula is C21H29N7O2. The standard InChI is InChI=1S/C21H29N7O2/c1-15(13-16-14-22-18-6-4-3-5-17(16)18)23-20(29)19-24-21(26-25-19)28-9-7-27(8-10-28)11-12-30-2/h3-6,14-15,22H,7-13H2,1-2H3,(H,23,29)(H,24,25,26). The summed E-state index contributed by atoms with van der Waals surface area (Å²) in [4.78, 5) is 24.8. The van der Waals surface area contributed by atoms with Gasteiger partial charge >= 0.3 is 0 Å². The van der Waals surface area contributed by atoms with Crippen molar-refractivity contribution in [2.24, 2.45) is 0 Å². The van der Waals surface area contributed by atoms with E-state index in [-0.39, 0.29) is 17.8 Å². The number of fused-ring (bicyclic) bond motifs is 1. The minimum absolute atomic E-state index is 0.0328. The summed E-state index contributed by atoms with van der Waals surface area (Å²) < 4.78 is 5.14. The largest absolute Gasteiger partial charge is 0.383 e. The minimum Gasteiger partial charge on any atom is -0.383 e. The van der Waals surface area contributed by atoms with Gasteiger partial charge in [-0.25, -0.2) is 0 Å². The van der Waals surface area contributed by atoms with E-state index in [4.69, 9.17) is 4.74 Å². The van der Waals surface area contributed by atoms with Crippen LogP contribution in [0.2, 0.25) is 0 Å². The number of hydrogen-bond donors (Lipinski definition) is 3. The predicted octanol–water partition coefficient (Wildman–Crippen LogP) is 1.42. The number of nitrogens with one attached hydrogen (secondary N) is 3. The predicted molar refractivity (Wildman–Crippen MR) is 116 cm³/mol. The topological polar surface area (TPSA) is 102 Å². The highest BCUT2D eigenvalue weighted by Crippen LogP contribution is 2.19. The summed E-state index contributed by atoms with van der Waals surface area (Å²) in [5.41, 5.74) is 2.29. The lowest BCUT2D eigenvalue weighted by atomic mass is 10.1. The van der Waals surface area contributed by atoms with Crippen LogP contribution in [0.4, 0.5) is 5.95 Å². The van der Waals surface area contributed by atoms with Crippen molar-refractivity contribution in [3.05, 3.63) is 41.9 Å². The van der Waals surface area contributed by atoms with Crippen LogP contribution in [-0.4, -0.2) is 83.5 Å². The number of carbonyl (C=O) groups excluding carboxylic acids is 1. The maximum absolute atomic E-state index is 12.6. The van der Waals surface area contributed by atoms with Gasteiger partial charge in [0.15, 0.2) is 0 Å². The number of ether oxygens (including phenoxy) is 1. The summed E-state index contributed by atoms with van der Waals surface area (Å²) in [6.07, 6.45) is 2.74. The first-order valence-corrected chi connectivity index (χ1v) is 10.4. The minimum atomic E-state index is -0.236. The number of nitrogens with zero attached hydrogens (tertiary/aromatic N) is 4. The summed E-state index contributed by atoms with van der Waals surface area (Å²) in [5.74, 6) is 0.591. The van der Waals surface area contributed by atoms with Gasteiger partial charge < -0.3 is 19.9 Å². The van der Waals surface area contributed by atoms with Gasteiger partial charge in [-0.05, 0) is 25.0 Å². The lowest BCUT2D eigenvalue weighted by molar-refractivity contribution is 0.0930. The number of H-pyrrole nitrogens is 2. The van der Waals surface area contributed by atoms with Gasteiger partial charge in [0.1, 0.15) is 0 Å². The van der Waals surface area contributed by atoms with Crippen LogP contribution in [0.15, 0.2) is 30.5 Å². The first-order valence-electron chi connectivity index (χ1n) is 10.4. The van der Waals surface area contributed by atoms with Crippen molar-refractivity contribution < 1.29 is 9.53 Å². The molecule has 0 radical (unpaired) electrons. The number of aromatic nitrogens is 4. The van der Waals surface area contributed by atoms with Gasteiger partial charge in [-0.1, -0.05) is 18.2 Å². The SMILES string of the molecule is COCCN1CCN(c2n[nH]c(C(=O)NC(C)Cc3c[nH]c4ccccc34)n2)CC1. The normalized spacial score (nSPS) is 16.1. The van der Waals surface area contributed by atoms with Crippen LogP contribution in [0.3, 0.4) is 0 Å². The molecule has 1 atom stereocenters. The number of aromatic amines is 2. The Morgan fingerprint density at radius 3 is 2.87 bits per heavy atom. The quantitative estimate of drug-likeness (QED) is 0.518. The molecule has 9 nitrogen and oxygen atoms in total. The van der Waals surface area contributed by atoms with Crippen molar-refractivity contribution in [1.82, 2.24) is 30.4 Å². The Morgan fingerprint density at radius 1 is 1.27 bits per heavy atom. The number of anilines is 1. The van der Waals surface area contributed by atoms with Crippen molar-refractivity contribution in [2.75, 3.05) is 51.3 Å². The summed E-state index contributed by atoms with van der Waals surface area (Å²) in [6, 6.07) is 8.14. The van der Waals surface area contributed by atoms with Gasteiger partial charge in [-0.2, -0.15) is 4.98 Å². The average molecular weight is 412 g/mol. The number of benzene rings is 1. The zero-order valence-corrected chi connectivity index (χ0v) is 17.5. The zero-order valence-electron chi connectivity index (χ0n) is 17.5. The van der Waals surface area contributed by atoms with Gasteiger partial charge in [0, 0.05) is 63.0 Å². The van der Waals surface area contributed by atoms with Crippen LogP contribution >= 0.6 is 0 Å². The Balaban J connectivity index is 1.31. The maximum atomic E-state index is 12.6. The molecule has 9 heteroatoms. The number of carbonyl (C=O) groups is 1. The number of para-hydroxylation sites is 1. The molecule has 1 aromatic carbocycles. The van der Waals surface area contributed by atoms with Crippen LogP contribution in [-0.2, 0) is 11.2 Å². The Hall–Kier alpha value is -2.91. The average Bonchev–Trinajstić information content (AvgIpc) is 3.41. The van der Waals surface area contributed by atoms with Crippen LogP contribution in [0.1, 0.15) is 23.1 Å². The highest BCUT2D eigenvalue weighted by Gasteiger charge is 2.22. The van der Waals surface area contributed by atoms with E-state index in [1.807, 2.05) is 25.3 Å². The molecule has 2 aromatic heterocycles. The smallest absolute Gasteiger partial charge is 0.288 e. The summed E-state index contributed by atoms with van der Waals surface area (Å²) >= 11 is 0. The number of amides is 1. The van der Waals surface area contributed by atoms with Crippen molar-refractivity contribution >= 4 is 22.8 Å². The molecule has 3 aromatic rings. The van der Waals surface area contributed by atoms with Crippen molar-refractivity contribution in [1.29, 1.82) is 0 Å². The number of methoxy groups -OCH3 is 1. The van der Waals surface area contributed by atoms with Crippen molar-refractivity contribution in [2.45, 2.75) is 19.4 Å². The summed E-state index contributed by atoms with van der Waals surface area (Å²) in [5, 5.41) is 11.2. The summed E-state index contributed by atoms with van der Waals surface area (Å²) in [6.45, 7) is 7.19. The van der Waals surface area contributed by atoms with Gasteiger partial charge in [0.05, 0.1) is 6.61 Å². The summed E-state index contributed by atoms with van der Waals surface area (Å²) in [7, 11) is 1.72. The molecule has 0 saturated carbocycles. The van der Waals surface area contributed by atoms with Gasteiger partial charge in [0.25, 0.3) is 5.91 Å². The highest BCUT2D eigenvalue weighted by molar-refractivity contribution is 5.91. The third-order valence-electron chi connectivity index (χ3n) is 5.53. The second kappa shape index (κ2) is 9.27. The van der Waals surface area contributed by atoms with Gasteiger partial charge in [-0.15, -0.1) is 5.10 Å². The lowest BCUT2D eigenvalue weighted by Gasteiger charge is -2.33. The molecule has 30 heavy (non-hydrogen) atoms. The highest BCUT2D eigenvalue weighted by atomic mass is 16.5. The van der Waals surface area contributed by atoms with Crippen LogP contribution in [0.5, 0.6) is 0 Å². The Labute approximate surface area is 175 Å². The second-order valence-electron chi connectivity index (χ2n) is 7.74. The third kappa shape index (κ3) is 4.63. The maximum Gasteiger partial charge on any atom is 0.288 e. The Bertz CT molecular complexity index is 975. The fraction of sp³-hybridized carbons (Fsp3) is 0.476. The molecule has 1 fully saturated rings. The molecule has 1 amide bonds. The van der Waals surface area contributed by atoms with E-state index in [9.17, 15) is 4.79 Å². The van der Waals surface area contributed by atoms with Crippen LogP contribution in [0.25, 0.3) is 10.9 Å². The second-order valence-corrected chi connectivity index (χ2v) is 7.74. The first kappa shape index (κ1) is 20.4. The molecule has 1 aliphatic heterocycles.